The van der Waals surface area contributed by atoms with Gasteiger partial charge in [0.15, 0.2) is 0 Å². The molecule has 2 rings (SSSR count). The van der Waals surface area contributed by atoms with Crippen LogP contribution < -0.4 is 5.32 Å². The zero-order valence-electron chi connectivity index (χ0n) is 11.6. The Labute approximate surface area is 119 Å². The summed E-state index contributed by atoms with van der Waals surface area (Å²) in [6, 6.07) is 9.53. The molecule has 0 unspecified atom stereocenters. The Bertz CT molecular complexity index is 584. The molecule has 1 aliphatic rings. The molecule has 0 spiro atoms. The fourth-order valence-corrected chi connectivity index (χ4v) is 2.96. The first-order chi connectivity index (χ1) is 9.28. The standard InChI is InChI=1S/C14H19NO4S/c1-14(8-11-6-4-3-5-7-11)9-12(15-13(14)16)10-19-20(2,17)18/h3-7,12H,8-10H2,1-2H3,(H,15,16)/t12-,14+/m0/s1. The topological polar surface area (TPSA) is 72.5 Å². The third-order valence-electron chi connectivity index (χ3n) is 3.50. The Kier molecular flexibility index (Phi) is 4.15. The predicted octanol–water partition coefficient (Wildman–Crippen LogP) is 1.10. The van der Waals surface area contributed by atoms with Crippen LogP contribution in [0.2, 0.25) is 0 Å². The summed E-state index contributed by atoms with van der Waals surface area (Å²) < 4.78 is 26.7. The van der Waals surface area contributed by atoms with E-state index >= 15 is 0 Å². The molecule has 0 saturated carbocycles. The van der Waals surface area contributed by atoms with Gasteiger partial charge in [0.05, 0.1) is 24.3 Å². The van der Waals surface area contributed by atoms with E-state index in [0.717, 1.165) is 11.8 Å². The van der Waals surface area contributed by atoms with Crippen molar-refractivity contribution in [2.45, 2.75) is 25.8 Å². The Hall–Kier alpha value is -1.40. The van der Waals surface area contributed by atoms with Crippen LogP contribution in [0.4, 0.5) is 0 Å². The first kappa shape index (κ1) is 15.0. The van der Waals surface area contributed by atoms with Crippen molar-refractivity contribution < 1.29 is 17.4 Å². The third-order valence-corrected chi connectivity index (χ3v) is 4.06. The van der Waals surface area contributed by atoms with Gasteiger partial charge in [-0.15, -0.1) is 0 Å². The fraction of sp³-hybridized carbons (Fsp3) is 0.500. The molecular weight excluding hydrogens is 278 g/mol. The molecule has 1 aliphatic heterocycles. The number of nitrogens with one attached hydrogen (secondary N) is 1. The number of rotatable bonds is 5. The van der Waals surface area contributed by atoms with Gasteiger partial charge in [-0.25, -0.2) is 0 Å². The highest BCUT2D eigenvalue weighted by atomic mass is 32.2. The lowest BCUT2D eigenvalue weighted by Gasteiger charge is -2.20. The van der Waals surface area contributed by atoms with Crippen LogP contribution in [0.15, 0.2) is 30.3 Å². The first-order valence-corrected chi connectivity index (χ1v) is 8.29. The van der Waals surface area contributed by atoms with Crippen molar-refractivity contribution in [3.05, 3.63) is 35.9 Å². The van der Waals surface area contributed by atoms with Crippen LogP contribution in [0.25, 0.3) is 0 Å². The SMILES string of the molecule is C[C@@]1(Cc2ccccc2)C[C@@H](COS(C)(=O)=O)NC1=O. The van der Waals surface area contributed by atoms with Crippen molar-refractivity contribution in [3.63, 3.8) is 0 Å². The number of carbonyl (C=O) groups excluding carboxylic acids is 1. The van der Waals surface area contributed by atoms with Crippen molar-refractivity contribution >= 4 is 16.0 Å². The number of carbonyl (C=O) groups is 1. The molecule has 0 aliphatic carbocycles. The summed E-state index contributed by atoms with van der Waals surface area (Å²) in [7, 11) is -3.48. The maximum Gasteiger partial charge on any atom is 0.264 e. The van der Waals surface area contributed by atoms with Crippen LogP contribution >= 0.6 is 0 Å². The van der Waals surface area contributed by atoms with Gasteiger partial charge < -0.3 is 5.32 Å². The smallest absolute Gasteiger partial charge is 0.264 e. The summed E-state index contributed by atoms with van der Waals surface area (Å²) in [4.78, 5) is 12.1. The Balaban J connectivity index is 2.01. The monoisotopic (exact) mass is 297 g/mol. The summed E-state index contributed by atoms with van der Waals surface area (Å²) in [6.45, 7) is 1.89. The second-order valence-corrected chi connectivity index (χ2v) is 7.23. The highest BCUT2D eigenvalue weighted by Gasteiger charge is 2.43. The van der Waals surface area contributed by atoms with Crippen molar-refractivity contribution in [1.29, 1.82) is 0 Å². The second kappa shape index (κ2) is 5.54. The molecule has 1 amide bonds. The van der Waals surface area contributed by atoms with Crippen LogP contribution in [0.3, 0.4) is 0 Å². The van der Waals surface area contributed by atoms with Gasteiger partial charge >= 0.3 is 0 Å². The van der Waals surface area contributed by atoms with E-state index in [4.69, 9.17) is 4.18 Å². The Morgan fingerprint density at radius 3 is 2.60 bits per heavy atom. The lowest BCUT2D eigenvalue weighted by molar-refractivity contribution is -0.126. The summed E-state index contributed by atoms with van der Waals surface area (Å²) >= 11 is 0. The van der Waals surface area contributed by atoms with E-state index in [-0.39, 0.29) is 18.6 Å². The normalized spacial score (nSPS) is 26.5. The molecule has 0 radical (unpaired) electrons. The van der Waals surface area contributed by atoms with E-state index in [0.29, 0.717) is 12.8 Å². The quantitative estimate of drug-likeness (QED) is 0.826. The van der Waals surface area contributed by atoms with E-state index < -0.39 is 15.5 Å². The summed E-state index contributed by atoms with van der Waals surface area (Å²) in [5, 5.41) is 2.81. The molecule has 1 N–H and O–H groups in total. The number of hydrogen-bond donors (Lipinski definition) is 1. The van der Waals surface area contributed by atoms with Gasteiger partial charge in [-0.3, -0.25) is 8.98 Å². The molecule has 0 bridgehead atoms. The lowest BCUT2D eigenvalue weighted by atomic mass is 9.81. The van der Waals surface area contributed by atoms with E-state index in [1.807, 2.05) is 37.3 Å². The minimum Gasteiger partial charge on any atom is -0.350 e. The van der Waals surface area contributed by atoms with Crippen molar-refractivity contribution in [2.75, 3.05) is 12.9 Å². The average molecular weight is 297 g/mol. The molecule has 110 valence electrons. The lowest BCUT2D eigenvalue weighted by Crippen LogP contribution is -2.33. The number of amides is 1. The largest absolute Gasteiger partial charge is 0.350 e. The highest BCUT2D eigenvalue weighted by Crippen LogP contribution is 2.33. The zero-order valence-corrected chi connectivity index (χ0v) is 12.4. The average Bonchev–Trinajstić information content (AvgIpc) is 2.63. The molecule has 1 fully saturated rings. The molecule has 20 heavy (non-hydrogen) atoms. The van der Waals surface area contributed by atoms with Gasteiger partial charge in [0.1, 0.15) is 0 Å². The van der Waals surface area contributed by atoms with Crippen molar-refractivity contribution in [3.8, 4) is 0 Å². The summed E-state index contributed by atoms with van der Waals surface area (Å²) in [6.07, 6.45) is 2.21. The molecule has 1 saturated heterocycles. The van der Waals surface area contributed by atoms with E-state index in [2.05, 4.69) is 5.32 Å². The first-order valence-electron chi connectivity index (χ1n) is 6.48. The molecule has 2 atom stereocenters. The van der Waals surface area contributed by atoms with Gasteiger partial charge in [-0.2, -0.15) is 8.42 Å². The number of hydrogen-bond acceptors (Lipinski definition) is 4. The van der Waals surface area contributed by atoms with Crippen molar-refractivity contribution in [1.82, 2.24) is 5.32 Å². The van der Waals surface area contributed by atoms with Gasteiger partial charge in [0.25, 0.3) is 10.1 Å². The summed E-state index contributed by atoms with van der Waals surface area (Å²) in [5.74, 6) is -0.0524. The maximum absolute atomic E-state index is 12.1. The molecule has 0 aromatic heterocycles. The molecule has 5 nitrogen and oxygen atoms in total. The minimum absolute atomic E-state index is 0.00501. The fourth-order valence-electron chi connectivity index (χ4n) is 2.55. The number of benzene rings is 1. The molecule has 1 heterocycles. The molecule has 1 aromatic rings. The van der Waals surface area contributed by atoms with E-state index in [9.17, 15) is 13.2 Å². The molecular formula is C14H19NO4S. The van der Waals surface area contributed by atoms with Crippen LogP contribution in [0.1, 0.15) is 18.9 Å². The van der Waals surface area contributed by atoms with E-state index in [1.165, 1.54) is 0 Å². The van der Waals surface area contributed by atoms with E-state index in [1.54, 1.807) is 0 Å². The summed E-state index contributed by atoms with van der Waals surface area (Å²) in [5.41, 5.74) is 0.571. The van der Waals surface area contributed by atoms with Crippen molar-refractivity contribution in [2.24, 2.45) is 5.41 Å². The minimum atomic E-state index is -3.48. The highest BCUT2D eigenvalue weighted by molar-refractivity contribution is 7.85. The zero-order chi connectivity index (χ0) is 14.8. The second-order valence-electron chi connectivity index (χ2n) is 5.59. The maximum atomic E-state index is 12.1. The third kappa shape index (κ3) is 3.80. The Morgan fingerprint density at radius 1 is 1.35 bits per heavy atom. The van der Waals surface area contributed by atoms with Gasteiger partial charge in [-0.05, 0) is 18.4 Å². The van der Waals surface area contributed by atoms with Crippen LogP contribution in [-0.4, -0.2) is 33.2 Å². The van der Waals surface area contributed by atoms with Crippen LogP contribution in [0, 0.1) is 5.41 Å². The molecule has 1 aromatic carbocycles. The van der Waals surface area contributed by atoms with Gasteiger partial charge in [0, 0.05) is 0 Å². The molecule has 6 heteroatoms. The Morgan fingerprint density at radius 2 is 2.00 bits per heavy atom. The van der Waals surface area contributed by atoms with Gasteiger partial charge in [-0.1, -0.05) is 37.3 Å². The van der Waals surface area contributed by atoms with Crippen LogP contribution in [0.5, 0.6) is 0 Å². The predicted molar refractivity (Wildman–Crippen MR) is 75.6 cm³/mol. The van der Waals surface area contributed by atoms with Gasteiger partial charge in [0.2, 0.25) is 5.91 Å². The van der Waals surface area contributed by atoms with Crippen LogP contribution in [-0.2, 0) is 25.5 Å².